The number of carbonyl (C=O) groups is 2. The van der Waals surface area contributed by atoms with Crippen molar-refractivity contribution in [2.45, 2.75) is 13.0 Å². The summed E-state index contributed by atoms with van der Waals surface area (Å²) in [6.07, 6.45) is 0. The van der Waals surface area contributed by atoms with Crippen LogP contribution >= 0.6 is 23.2 Å². The predicted octanol–water partition coefficient (Wildman–Crippen LogP) is 3.81. The van der Waals surface area contributed by atoms with Gasteiger partial charge in [0, 0.05) is 5.69 Å². The van der Waals surface area contributed by atoms with Crippen LogP contribution in [0.25, 0.3) is 0 Å². The Kier molecular flexibility index (Phi) is 5.41. The highest BCUT2D eigenvalue weighted by atomic mass is 35.5. The third-order valence-corrected chi connectivity index (χ3v) is 3.77. The van der Waals surface area contributed by atoms with Gasteiger partial charge in [-0.25, -0.2) is 0 Å². The Hall–Kier alpha value is -2.04. The van der Waals surface area contributed by atoms with Crippen molar-refractivity contribution < 1.29 is 9.59 Å². The number of rotatable bonds is 3. The van der Waals surface area contributed by atoms with Crippen LogP contribution in [0.15, 0.2) is 48.5 Å². The van der Waals surface area contributed by atoms with E-state index in [9.17, 15) is 9.59 Å². The maximum absolute atomic E-state index is 11.9. The SMILES string of the molecule is CC(NC(=O)C(=O)Nc1ccc(Cl)c(Cl)c1)c1ccccc1. The van der Waals surface area contributed by atoms with E-state index in [4.69, 9.17) is 23.2 Å². The highest BCUT2D eigenvalue weighted by Crippen LogP contribution is 2.24. The highest BCUT2D eigenvalue weighted by molar-refractivity contribution is 6.43. The van der Waals surface area contributed by atoms with Crippen LogP contribution in [0, 0.1) is 0 Å². The van der Waals surface area contributed by atoms with Gasteiger partial charge in [0.1, 0.15) is 0 Å². The predicted molar refractivity (Wildman–Crippen MR) is 88.1 cm³/mol. The molecule has 0 aliphatic rings. The first-order valence-corrected chi connectivity index (χ1v) is 7.35. The maximum atomic E-state index is 11.9. The van der Waals surface area contributed by atoms with Crippen LogP contribution in [-0.2, 0) is 9.59 Å². The Morgan fingerprint density at radius 2 is 1.64 bits per heavy atom. The summed E-state index contributed by atoms with van der Waals surface area (Å²) >= 11 is 11.6. The fourth-order valence-electron chi connectivity index (χ4n) is 1.85. The fraction of sp³-hybridized carbons (Fsp3) is 0.125. The van der Waals surface area contributed by atoms with Gasteiger partial charge in [0.2, 0.25) is 0 Å². The lowest BCUT2D eigenvalue weighted by Gasteiger charge is -2.14. The molecule has 0 aliphatic heterocycles. The summed E-state index contributed by atoms with van der Waals surface area (Å²) in [7, 11) is 0. The smallest absolute Gasteiger partial charge is 0.313 e. The topological polar surface area (TPSA) is 58.2 Å². The molecule has 0 aromatic heterocycles. The highest BCUT2D eigenvalue weighted by Gasteiger charge is 2.17. The molecule has 2 aromatic carbocycles. The molecular formula is C16H14Cl2N2O2. The van der Waals surface area contributed by atoms with Gasteiger partial charge in [-0.1, -0.05) is 53.5 Å². The molecule has 0 fully saturated rings. The number of nitrogens with one attached hydrogen (secondary N) is 2. The van der Waals surface area contributed by atoms with E-state index in [1.54, 1.807) is 19.1 Å². The first-order valence-electron chi connectivity index (χ1n) is 6.59. The van der Waals surface area contributed by atoms with E-state index in [2.05, 4.69) is 10.6 Å². The number of benzene rings is 2. The molecule has 0 heterocycles. The molecule has 0 spiro atoms. The summed E-state index contributed by atoms with van der Waals surface area (Å²) < 4.78 is 0. The number of anilines is 1. The van der Waals surface area contributed by atoms with Gasteiger partial charge < -0.3 is 10.6 Å². The van der Waals surface area contributed by atoms with Gasteiger partial charge in [0.05, 0.1) is 16.1 Å². The van der Waals surface area contributed by atoms with Crippen molar-refractivity contribution >= 4 is 40.7 Å². The molecule has 6 heteroatoms. The lowest BCUT2D eigenvalue weighted by molar-refractivity contribution is -0.136. The summed E-state index contributed by atoms with van der Waals surface area (Å²) in [5.74, 6) is -1.48. The van der Waals surface area contributed by atoms with E-state index in [1.807, 2.05) is 30.3 Å². The third-order valence-electron chi connectivity index (χ3n) is 3.03. The van der Waals surface area contributed by atoms with Crippen molar-refractivity contribution in [3.63, 3.8) is 0 Å². The molecular weight excluding hydrogens is 323 g/mol. The minimum atomic E-state index is -0.763. The van der Waals surface area contributed by atoms with Gasteiger partial charge in [0.15, 0.2) is 0 Å². The summed E-state index contributed by atoms with van der Waals surface area (Å²) in [5, 5.41) is 5.78. The zero-order chi connectivity index (χ0) is 16.1. The van der Waals surface area contributed by atoms with Crippen molar-refractivity contribution in [2.24, 2.45) is 0 Å². The van der Waals surface area contributed by atoms with E-state index in [1.165, 1.54) is 6.07 Å². The quantitative estimate of drug-likeness (QED) is 0.837. The molecule has 1 atom stereocenters. The lowest BCUT2D eigenvalue weighted by atomic mass is 10.1. The summed E-state index contributed by atoms with van der Waals surface area (Å²) in [6, 6.07) is 13.7. The molecule has 2 aromatic rings. The van der Waals surface area contributed by atoms with E-state index in [-0.39, 0.29) is 6.04 Å². The molecule has 2 rings (SSSR count). The normalized spacial score (nSPS) is 11.6. The van der Waals surface area contributed by atoms with Crippen molar-refractivity contribution in [2.75, 3.05) is 5.32 Å². The Bertz CT molecular complexity index is 690. The molecule has 114 valence electrons. The molecule has 2 N–H and O–H groups in total. The number of amides is 2. The van der Waals surface area contributed by atoms with Crippen molar-refractivity contribution in [1.29, 1.82) is 0 Å². The summed E-state index contributed by atoms with van der Waals surface area (Å²) in [5.41, 5.74) is 1.32. The van der Waals surface area contributed by atoms with Crippen LogP contribution in [0.4, 0.5) is 5.69 Å². The average Bonchev–Trinajstić information content (AvgIpc) is 2.51. The van der Waals surface area contributed by atoms with Gasteiger partial charge in [-0.3, -0.25) is 9.59 Å². The second kappa shape index (κ2) is 7.29. The summed E-state index contributed by atoms with van der Waals surface area (Å²) in [4.78, 5) is 23.8. The van der Waals surface area contributed by atoms with Crippen molar-refractivity contribution in [1.82, 2.24) is 5.32 Å². The largest absolute Gasteiger partial charge is 0.341 e. The number of hydrogen-bond donors (Lipinski definition) is 2. The number of carbonyl (C=O) groups excluding carboxylic acids is 2. The van der Waals surface area contributed by atoms with Crippen LogP contribution in [0.5, 0.6) is 0 Å². The molecule has 0 saturated heterocycles. The van der Waals surface area contributed by atoms with Crippen LogP contribution < -0.4 is 10.6 Å². The number of halogens is 2. The van der Waals surface area contributed by atoms with E-state index in [0.29, 0.717) is 15.7 Å². The third kappa shape index (κ3) is 4.23. The first kappa shape index (κ1) is 16.3. The average molecular weight is 337 g/mol. The minimum absolute atomic E-state index is 0.270. The maximum Gasteiger partial charge on any atom is 0.313 e. The fourth-order valence-corrected chi connectivity index (χ4v) is 2.15. The van der Waals surface area contributed by atoms with Gasteiger partial charge >= 0.3 is 11.8 Å². The van der Waals surface area contributed by atoms with Crippen LogP contribution in [0.3, 0.4) is 0 Å². The molecule has 4 nitrogen and oxygen atoms in total. The minimum Gasteiger partial charge on any atom is -0.341 e. The zero-order valence-corrected chi connectivity index (χ0v) is 13.3. The van der Waals surface area contributed by atoms with Gasteiger partial charge in [-0.05, 0) is 30.7 Å². The van der Waals surface area contributed by atoms with E-state index in [0.717, 1.165) is 5.56 Å². The standard InChI is InChI=1S/C16H14Cl2N2O2/c1-10(11-5-3-2-4-6-11)19-15(21)16(22)20-12-7-8-13(17)14(18)9-12/h2-10H,1H3,(H,19,21)(H,20,22). The second-order valence-corrected chi connectivity index (χ2v) is 5.50. The monoisotopic (exact) mass is 336 g/mol. The number of hydrogen-bond acceptors (Lipinski definition) is 2. The Labute approximate surface area is 138 Å². The Morgan fingerprint density at radius 3 is 2.27 bits per heavy atom. The molecule has 0 radical (unpaired) electrons. The van der Waals surface area contributed by atoms with E-state index >= 15 is 0 Å². The molecule has 0 aliphatic carbocycles. The van der Waals surface area contributed by atoms with Crippen molar-refractivity contribution in [3.8, 4) is 0 Å². The zero-order valence-electron chi connectivity index (χ0n) is 11.8. The second-order valence-electron chi connectivity index (χ2n) is 4.69. The first-order chi connectivity index (χ1) is 10.5. The van der Waals surface area contributed by atoms with Crippen LogP contribution in [-0.4, -0.2) is 11.8 Å². The van der Waals surface area contributed by atoms with Gasteiger partial charge in [-0.2, -0.15) is 0 Å². The molecule has 0 bridgehead atoms. The van der Waals surface area contributed by atoms with Crippen LogP contribution in [0.2, 0.25) is 10.0 Å². The lowest BCUT2D eigenvalue weighted by Crippen LogP contribution is -2.36. The molecule has 22 heavy (non-hydrogen) atoms. The summed E-state index contributed by atoms with van der Waals surface area (Å²) in [6.45, 7) is 1.81. The van der Waals surface area contributed by atoms with Crippen LogP contribution in [0.1, 0.15) is 18.5 Å². The molecule has 1 unspecified atom stereocenters. The van der Waals surface area contributed by atoms with Crippen molar-refractivity contribution in [3.05, 3.63) is 64.1 Å². The Balaban J connectivity index is 1.97. The molecule has 2 amide bonds. The molecule has 0 saturated carbocycles. The van der Waals surface area contributed by atoms with E-state index < -0.39 is 11.8 Å². The van der Waals surface area contributed by atoms with Gasteiger partial charge in [-0.15, -0.1) is 0 Å². The Morgan fingerprint density at radius 1 is 0.955 bits per heavy atom. The van der Waals surface area contributed by atoms with Gasteiger partial charge in [0.25, 0.3) is 0 Å².